The number of hydrogen-bond donors (Lipinski definition) is 3. The van der Waals surface area contributed by atoms with Crippen molar-refractivity contribution in [2.45, 2.75) is 52.5 Å². The van der Waals surface area contributed by atoms with Crippen LogP contribution in [-0.4, -0.2) is 46.0 Å². The van der Waals surface area contributed by atoms with E-state index in [1.807, 2.05) is 73.1 Å². The first kappa shape index (κ1) is 25.4. The highest BCUT2D eigenvalue weighted by Gasteiger charge is 2.22. The molecule has 0 amide bonds. The van der Waals surface area contributed by atoms with Crippen molar-refractivity contribution in [3.05, 3.63) is 78.2 Å². The number of benzene rings is 2. The molecule has 5 aromatic rings. The Bertz CT molecular complexity index is 1650. The zero-order chi connectivity index (χ0) is 27.6. The van der Waals surface area contributed by atoms with Crippen LogP contribution in [0.25, 0.3) is 16.9 Å². The summed E-state index contributed by atoms with van der Waals surface area (Å²) < 4.78 is 1.83. The van der Waals surface area contributed by atoms with Crippen molar-refractivity contribution in [1.82, 2.24) is 45.3 Å². The standard InChI is InChI=1S/C27H31N13/c1-17(2)39-34-25(32-36-39)19-7-5-9-22(13-19)28-15-21-11-12-38-24(21)27(29-16-30-38)31-23-10-6-8-20(14-23)26-33-37-40(35-26)18(3)4/h5-14,16-18,25,28,34H,15H2,1-4H3,(H,29,30,31). The van der Waals surface area contributed by atoms with E-state index < -0.39 is 0 Å². The highest BCUT2D eigenvalue weighted by molar-refractivity contribution is 5.78. The van der Waals surface area contributed by atoms with Crippen LogP contribution in [0.1, 0.15) is 51.0 Å². The summed E-state index contributed by atoms with van der Waals surface area (Å²) in [6.07, 6.45) is 3.27. The first-order valence-corrected chi connectivity index (χ1v) is 13.2. The molecular weight excluding hydrogens is 506 g/mol. The monoisotopic (exact) mass is 537 g/mol. The predicted molar refractivity (Wildman–Crippen MR) is 151 cm³/mol. The van der Waals surface area contributed by atoms with E-state index in [2.05, 4.69) is 71.8 Å². The third kappa shape index (κ3) is 5.18. The van der Waals surface area contributed by atoms with Crippen LogP contribution in [0.3, 0.4) is 0 Å². The van der Waals surface area contributed by atoms with Gasteiger partial charge in [-0.3, -0.25) is 0 Å². The van der Waals surface area contributed by atoms with Crippen LogP contribution < -0.4 is 16.1 Å². The van der Waals surface area contributed by atoms with E-state index in [-0.39, 0.29) is 18.2 Å². The number of anilines is 3. The molecule has 0 radical (unpaired) electrons. The van der Waals surface area contributed by atoms with Crippen molar-refractivity contribution in [3.8, 4) is 11.4 Å². The van der Waals surface area contributed by atoms with Crippen molar-refractivity contribution in [2.24, 2.45) is 10.3 Å². The van der Waals surface area contributed by atoms with Gasteiger partial charge in [-0.2, -0.15) is 15.3 Å². The molecule has 0 aliphatic carbocycles. The highest BCUT2D eigenvalue weighted by atomic mass is 15.8. The van der Waals surface area contributed by atoms with E-state index in [1.54, 1.807) is 16.2 Å². The summed E-state index contributed by atoms with van der Waals surface area (Å²) in [7, 11) is 0. The SMILES string of the molecule is CC(C)N1N=NC(c2cccc(NCc3ccn4ncnc(Nc5cccc(-c6nnn(C(C)C)n6)c5)c34)c2)N1. The minimum atomic E-state index is -0.204. The van der Waals surface area contributed by atoms with Crippen LogP contribution in [-0.2, 0) is 6.54 Å². The molecule has 1 atom stereocenters. The lowest BCUT2D eigenvalue weighted by Gasteiger charge is -2.19. The second kappa shape index (κ2) is 10.7. The largest absolute Gasteiger partial charge is 0.381 e. The van der Waals surface area contributed by atoms with Crippen LogP contribution >= 0.6 is 0 Å². The molecule has 6 rings (SSSR count). The number of hydrogen-bond acceptors (Lipinski definition) is 11. The molecule has 204 valence electrons. The number of aromatic nitrogens is 7. The van der Waals surface area contributed by atoms with Gasteiger partial charge in [-0.05, 0) is 68.8 Å². The van der Waals surface area contributed by atoms with Gasteiger partial charge in [0.15, 0.2) is 12.0 Å². The molecule has 2 aromatic carbocycles. The maximum Gasteiger partial charge on any atom is 0.205 e. The minimum Gasteiger partial charge on any atom is -0.381 e. The number of hydrazine groups is 1. The van der Waals surface area contributed by atoms with Gasteiger partial charge in [0, 0.05) is 35.2 Å². The molecule has 0 bridgehead atoms. The number of rotatable bonds is 9. The second-order valence-electron chi connectivity index (χ2n) is 10.1. The molecule has 0 fully saturated rings. The summed E-state index contributed by atoms with van der Waals surface area (Å²) in [4.78, 5) is 6.16. The van der Waals surface area contributed by atoms with Crippen molar-refractivity contribution in [1.29, 1.82) is 0 Å². The molecule has 1 aliphatic heterocycles. The summed E-state index contributed by atoms with van der Waals surface area (Å²) in [6.45, 7) is 8.75. The fraction of sp³-hybridized carbons (Fsp3) is 0.296. The summed E-state index contributed by atoms with van der Waals surface area (Å²) >= 11 is 0. The zero-order valence-electron chi connectivity index (χ0n) is 22.8. The maximum absolute atomic E-state index is 4.55. The number of nitrogens with zero attached hydrogens (tertiary/aromatic N) is 10. The van der Waals surface area contributed by atoms with E-state index in [1.165, 1.54) is 0 Å². The smallest absolute Gasteiger partial charge is 0.205 e. The molecule has 40 heavy (non-hydrogen) atoms. The molecule has 0 saturated carbocycles. The van der Waals surface area contributed by atoms with Crippen molar-refractivity contribution in [2.75, 3.05) is 10.6 Å². The Labute approximate surface area is 231 Å². The number of nitrogens with one attached hydrogen (secondary N) is 3. The van der Waals surface area contributed by atoms with Crippen LogP contribution in [0.5, 0.6) is 0 Å². The lowest BCUT2D eigenvalue weighted by atomic mass is 10.1. The molecule has 1 unspecified atom stereocenters. The molecule has 3 aromatic heterocycles. The second-order valence-corrected chi connectivity index (χ2v) is 10.1. The van der Waals surface area contributed by atoms with Crippen LogP contribution in [0, 0.1) is 0 Å². The molecule has 13 nitrogen and oxygen atoms in total. The molecule has 1 aliphatic rings. The average Bonchev–Trinajstić information content (AvgIpc) is 3.73. The molecule has 13 heteroatoms. The van der Waals surface area contributed by atoms with Gasteiger partial charge >= 0.3 is 0 Å². The van der Waals surface area contributed by atoms with Gasteiger partial charge in [-0.1, -0.05) is 29.5 Å². The number of fused-ring (bicyclic) bond motifs is 1. The zero-order valence-corrected chi connectivity index (χ0v) is 22.8. The topological polar surface area (TPSA) is 138 Å². The fourth-order valence-electron chi connectivity index (χ4n) is 4.38. The summed E-state index contributed by atoms with van der Waals surface area (Å²) in [6, 6.07) is 18.5. The van der Waals surface area contributed by atoms with E-state index >= 15 is 0 Å². The van der Waals surface area contributed by atoms with Crippen LogP contribution in [0.4, 0.5) is 17.2 Å². The van der Waals surface area contributed by atoms with Crippen LogP contribution in [0.2, 0.25) is 0 Å². The van der Waals surface area contributed by atoms with Gasteiger partial charge in [0.1, 0.15) is 11.8 Å². The first-order chi connectivity index (χ1) is 19.4. The van der Waals surface area contributed by atoms with Gasteiger partial charge in [-0.25, -0.2) is 14.6 Å². The van der Waals surface area contributed by atoms with Gasteiger partial charge in [0.25, 0.3) is 0 Å². The van der Waals surface area contributed by atoms with E-state index in [4.69, 9.17) is 0 Å². The highest BCUT2D eigenvalue weighted by Crippen LogP contribution is 2.27. The van der Waals surface area contributed by atoms with E-state index in [0.717, 1.165) is 33.6 Å². The van der Waals surface area contributed by atoms with Crippen LogP contribution in [0.15, 0.2) is 77.5 Å². The molecule has 0 spiro atoms. The predicted octanol–water partition coefficient (Wildman–Crippen LogP) is 4.91. The Morgan fingerprint density at radius 3 is 2.62 bits per heavy atom. The third-order valence-corrected chi connectivity index (χ3v) is 6.50. The van der Waals surface area contributed by atoms with E-state index in [0.29, 0.717) is 18.2 Å². The van der Waals surface area contributed by atoms with Gasteiger partial charge in [-0.15, -0.1) is 15.3 Å². The normalized spacial score (nSPS) is 15.1. The summed E-state index contributed by atoms with van der Waals surface area (Å²) in [5, 5.41) is 34.6. The Morgan fingerprint density at radius 1 is 0.975 bits per heavy atom. The molecule has 3 N–H and O–H groups in total. The lowest BCUT2D eigenvalue weighted by molar-refractivity contribution is 0.162. The average molecular weight is 538 g/mol. The number of tetrazole rings is 1. The van der Waals surface area contributed by atoms with Gasteiger partial charge < -0.3 is 10.6 Å². The molecule has 0 saturated heterocycles. The Morgan fingerprint density at radius 2 is 1.82 bits per heavy atom. The molecular formula is C27H31N13. The van der Waals surface area contributed by atoms with Crippen molar-refractivity contribution < 1.29 is 0 Å². The molecule has 4 heterocycles. The van der Waals surface area contributed by atoms with Gasteiger partial charge in [0.2, 0.25) is 5.82 Å². The summed E-state index contributed by atoms with van der Waals surface area (Å²) in [5.74, 6) is 1.28. The van der Waals surface area contributed by atoms with E-state index in [9.17, 15) is 0 Å². The fourth-order valence-corrected chi connectivity index (χ4v) is 4.38. The first-order valence-electron chi connectivity index (χ1n) is 13.2. The Hall–Kier alpha value is -4.91. The summed E-state index contributed by atoms with van der Waals surface area (Å²) in [5.41, 5.74) is 9.00. The van der Waals surface area contributed by atoms with Crippen molar-refractivity contribution >= 4 is 22.7 Å². The van der Waals surface area contributed by atoms with Gasteiger partial charge in [0.05, 0.1) is 12.1 Å². The Kier molecular flexibility index (Phi) is 6.78. The maximum atomic E-state index is 4.55. The third-order valence-electron chi connectivity index (χ3n) is 6.50. The quantitative estimate of drug-likeness (QED) is 0.239. The van der Waals surface area contributed by atoms with Crippen molar-refractivity contribution in [3.63, 3.8) is 0 Å². The minimum absolute atomic E-state index is 0.140. The Balaban J connectivity index is 1.20. The lowest BCUT2D eigenvalue weighted by Crippen LogP contribution is -2.36.